The predicted octanol–water partition coefficient (Wildman–Crippen LogP) is 6.65. The third-order valence-electron chi connectivity index (χ3n) is 15.1. The lowest BCUT2D eigenvalue weighted by Crippen LogP contribution is -2.53. The van der Waals surface area contributed by atoms with Gasteiger partial charge in [0.05, 0.1) is 41.7 Å². The lowest BCUT2D eigenvalue weighted by atomic mass is 9.92. The summed E-state index contributed by atoms with van der Waals surface area (Å²) in [5, 5.41) is 36.1. The number of aliphatic hydroxyl groups is 1. The van der Waals surface area contributed by atoms with E-state index in [0.29, 0.717) is 47.0 Å². The number of nitrogens with one attached hydrogen (secondary N) is 5. The highest BCUT2D eigenvalue weighted by molar-refractivity contribution is 8.76. The molecule has 2 unspecified atom stereocenters. The number of nitrogens with zero attached hydrogens (tertiary/aromatic N) is 5. The van der Waals surface area contributed by atoms with E-state index in [0.717, 1.165) is 19.0 Å². The molecule has 2 aromatic carbocycles. The summed E-state index contributed by atoms with van der Waals surface area (Å²) in [6.45, 7) is 16.1. The molecular weight excluding hydrogens is 1120 g/mol. The summed E-state index contributed by atoms with van der Waals surface area (Å²) in [7, 11) is 7.22. The first kappa shape index (κ1) is 69.7. The van der Waals surface area contributed by atoms with Crippen LogP contribution in [-0.4, -0.2) is 160 Å². The molecule has 23 nitrogen and oxygen atoms in total. The number of anilines is 1. The van der Waals surface area contributed by atoms with Crippen LogP contribution in [0.25, 0.3) is 0 Å². The number of benzene rings is 2. The van der Waals surface area contributed by atoms with Crippen LogP contribution in [0, 0.1) is 33.8 Å². The molecule has 1 aromatic heterocycles. The van der Waals surface area contributed by atoms with E-state index in [1.54, 1.807) is 94.8 Å². The normalized spacial score (nSPS) is 16.4. The fraction of sp³-hybridized carbons (Fsp3) is 0.576. The highest BCUT2D eigenvalue weighted by Crippen LogP contribution is 2.31. The number of likely N-dealkylation sites (tertiary alicyclic amines) is 1. The predicted molar refractivity (Wildman–Crippen MR) is 322 cm³/mol. The number of aliphatic hydroxyl groups excluding tert-OH is 1. The third kappa shape index (κ3) is 20.7. The van der Waals surface area contributed by atoms with Crippen molar-refractivity contribution >= 4 is 80.4 Å². The van der Waals surface area contributed by atoms with Crippen LogP contribution in [0.3, 0.4) is 0 Å². The number of ether oxygens (including phenoxy) is 2. The summed E-state index contributed by atoms with van der Waals surface area (Å²) in [5.74, 6) is -3.71. The highest BCUT2D eigenvalue weighted by Gasteiger charge is 2.41. The second-order valence-electron chi connectivity index (χ2n) is 22.0. The number of aromatic nitrogens is 1. The fourth-order valence-corrected chi connectivity index (χ4v) is 11.8. The summed E-state index contributed by atoms with van der Waals surface area (Å²) < 4.78 is 11.5. The van der Waals surface area contributed by atoms with Gasteiger partial charge in [-0.25, -0.2) is 9.78 Å². The Morgan fingerprint density at radius 1 is 0.833 bits per heavy atom. The van der Waals surface area contributed by atoms with Crippen LogP contribution in [-0.2, 0) is 49.6 Å². The van der Waals surface area contributed by atoms with E-state index >= 15 is 0 Å². The smallest absolute Gasteiger partial charge is 0.410 e. The number of pyridine rings is 1. The van der Waals surface area contributed by atoms with E-state index in [1.807, 2.05) is 32.0 Å². The van der Waals surface area contributed by atoms with Crippen LogP contribution in [0.2, 0.25) is 0 Å². The van der Waals surface area contributed by atoms with Crippen LogP contribution < -0.4 is 26.6 Å². The van der Waals surface area contributed by atoms with E-state index in [9.17, 15) is 53.6 Å². The average Bonchev–Trinajstić information content (AvgIpc) is 4.21. The second-order valence-corrected chi connectivity index (χ2v) is 24.4. The molecule has 1 fully saturated rings. The summed E-state index contributed by atoms with van der Waals surface area (Å²) in [6, 6.07) is 14.3. The third-order valence-corrected chi connectivity index (χ3v) is 17.4. The molecule has 10 atom stereocenters. The average molecular weight is 1210 g/mol. The van der Waals surface area contributed by atoms with Gasteiger partial charge >= 0.3 is 6.09 Å². The molecule has 84 heavy (non-hydrogen) atoms. The zero-order chi connectivity index (χ0) is 62.4. The van der Waals surface area contributed by atoms with E-state index in [4.69, 9.17) is 9.47 Å². The number of nitro groups is 1. The number of carbonyl (C=O) groups is 8. The van der Waals surface area contributed by atoms with Gasteiger partial charge in [-0.05, 0) is 91.0 Å². The van der Waals surface area contributed by atoms with Crippen molar-refractivity contribution in [1.29, 1.82) is 0 Å². The Bertz CT molecular complexity index is 2670. The van der Waals surface area contributed by atoms with Gasteiger partial charge in [0, 0.05) is 64.1 Å². The number of hydrogen-bond acceptors (Lipinski definition) is 16. The largest absolute Gasteiger partial charge is 0.445 e. The molecule has 0 bridgehead atoms. The molecule has 3 aromatic rings. The van der Waals surface area contributed by atoms with Gasteiger partial charge in [0.15, 0.2) is 0 Å². The monoisotopic (exact) mass is 1210 g/mol. The van der Waals surface area contributed by atoms with Crippen molar-refractivity contribution < 1.29 is 57.9 Å². The lowest BCUT2D eigenvalue weighted by Gasteiger charge is -2.36. The molecular formula is C59H86N10O13S2. The van der Waals surface area contributed by atoms with Crippen molar-refractivity contribution in [2.45, 2.75) is 161 Å². The molecule has 25 heteroatoms. The molecule has 0 saturated carbocycles. The number of methoxy groups -OCH3 is 1. The first-order valence-electron chi connectivity index (χ1n) is 28.5. The van der Waals surface area contributed by atoms with E-state index < -0.39 is 71.0 Å². The summed E-state index contributed by atoms with van der Waals surface area (Å²) in [4.78, 5) is 126. The number of rotatable bonds is 32. The molecule has 4 rings (SSSR count). The van der Waals surface area contributed by atoms with Crippen molar-refractivity contribution in [3.63, 3.8) is 0 Å². The standard InChI is InChI=1S/C59H86N10O13S2/c1-13-37(6)45(26-28-49(71)68-30-17-20-46(68)54(81-12)38(7)55(74)62-39(8)53(73)42-18-15-14-16-19-42)66(10)50(72)33-61-58(77)52(36(4)5)67(11)59(78)82-34-41-21-23-43(24-22-41)64-56(75)40(9)63-57(76)51(35(2)3)65-47(70)29-31-83-84-48-27-25-44(32-60-48)69(79)80/h14-16,18-19,21-25,27,32,35-40,45-46,51-54,73H,13,17,20,26,28-31,33-34H2,1-12H3,(H,61,77)(H,62,74)(H,63,76)(H,64,75)(H,65,70)/t37-,38+,39+,40-,45+,46-,51?,52?,53+,54+/m0/s1. The van der Waals surface area contributed by atoms with Crippen LogP contribution in [0.4, 0.5) is 16.2 Å². The van der Waals surface area contributed by atoms with Gasteiger partial charge in [0.2, 0.25) is 41.4 Å². The Balaban J connectivity index is 1.23. The Kier molecular flexibility index (Phi) is 28.4. The van der Waals surface area contributed by atoms with Crippen LogP contribution in [0.15, 0.2) is 78.0 Å². The summed E-state index contributed by atoms with van der Waals surface area (Å²) in [6.07, 6.45) is 1.55. The van der Waals surface area contributed by atoms with Gasteiger partial charge in [-0.15, -0.1) is 0 Å². The first-order chi connectivity index (χ1) is 39.8. The number of amides is 8. The minimum atomic E-state index is -1.00. The molecule has 2 heterocycles. The SMILES string of the molecule is CC[C@H](C)[C@@H](CCC(=O)N1CCC[C@H]1[C@H](OC)[C@@H](C)C(=O)N[C@H](C)[C@@H](O)c1ccccc1)N(C)C(=O)CNC(=O)C(C(C)C)N(C)C(=O)OCc1ccc(NC(=O)[C@H](C)NC(=O)C(NC(=O)CCSSc2ccc([N+](=O)[O-])cn2)C(C)C)cc1. The van der Waals surface area contributed by atoms with Gasteiger partial charge in [0.25, 0.3) is 5.69 Å². The van der Waals surface area contributed by atoms with Crippen LogP contribution in [0.1, 0.15) is 118 Å². The fourth-order valence-electron chi connectivity index (χ4n) is 9.92. The maximum absolute atomic E-state index is 14.0. The molecule has 6 N–H and O–H groups in total. The quantitative estimate of drug-likeness (QED) is 0.0165. The van der Waals surface area contributed by atoms with Gasteiger partial charge in [-0.3, -0.25) is 48.6 Å². The lowest BCUT2D eigenvalue weighted by molar-refractivity contribution is -0.385. The van der Waals surface area contributed by atoms with Crippen molar-refractivity contribution in [2.24, 2.45) is 23.7 Å². The Labute approximate surface area is 501 Å². The van der Waals surface area contributed by atoms with Crippen molar-refractivity contribution in [2.75, 3.05) is 45.4 Å². The molecule has 462 valence electrons. The van der Waals surface area contributed by atoms with Crippen LogP contribution in [0.5, 0.6) is 0 Å². The van der Waals surface area contributed by atoms with Gasteiger partial charge in [0.1, 0.15) is 36.0 Å². The number of likely N-dealkylation sites (N-methyl/N-ethyl adjacent to an activating group) is 2. The van der Waals surface area contributed by atoms with Crippen LogP contribution >= 0.6 is 21.6 Å². The second kappa shape index (κ2) is 34.2. The Morgan fingerprint density at radius 3 is 2.11 bits per heavy atom. The molecule has 0 radical (unpaired) electrons. The van der Waals surface area contributed by atoms with Crippen molar-refractivity contribution in [1.82, 2.24) is 41.0 Å². The molecule has 1 saturated heterocycles. The zero-order valence-electron chi connectivity index (χ0n) is 50.3. The maximum atomic E-state index is 14.0. The van der Waals surface area contributed by atoms with Gasteiger partial charge < -0.3 is 51.0 Å². The molecule has 0 spiro atoms. The van der Waals surface area contributed by atoms with E-state index in [-0.39, 0.29) is 85.1 Å². The zero-order valence-corrected chi connectivity index (χ0v) is 52.0. The molecule has 8 amide bonds. The minimum absolute atomic E-state index is 0.00128. The Hall–Kier alpha value is -6.83. The summed E-state index contributed by atoms with van der Waals surface area (Å²) >= 11 is 0. The topological polar surface area (TPSA) is 301 Å². The molecule has 1 aliphatic rings. The maximum Gasteiger partial charge on any atom is 0.410 e. The van der Waals surface area contributed by atoms with Gasteiger partial charge in [-0.2, -0.15) is 0 Å². The van der Waals surface area contributed by atoms with Gasteiger partial charge in [-0.1, -0.05) is 108 Å². The highest BCUT2D eigenvalue weighted by atomic mass is 33.1. The Morgan fingerprint density at radius 2 is 1.51 bits per heavy atom. The minimum Gasteiger partial charge on any atom is -0.445 e. The van der Waals surface area contributed by atoms with Crippen molar-refractivity contribution in [3.8, 4) is 0 Å². The molecule has 0 aliphatic carbocycles. The van der Waals surface area contributed by atoms with E-state index in [1.165, 1.54) is 59.7 Å². The van der Waals surface area contributed by atoms with E-state index in [2.05, 4.69) is 31.6 Å². The summed E-state index contributed by atoms with van der Waals surface area (Å²) in [5.41, 5.74) is 1.53. The number of hydrogen-bond donors (Lipinski definition) is 6. The first-order valence-corrected chi connectivity index (χ1v) is 30.8. The van der Waals surface area contributed by atoms with Crippen molar-refractivity contribution in [3.05, 3.63) is 94.2 Å². The molecule has 1 aliphatic heterocycles. The number of carbonyl (C=O) groups excluding carboxylic acids is 8.